The number of benzene rings is 1. The maximum atomic E-state index is 14.5. The topological polar surface area (TPSA) is 213 Å². The van der Waals surface area contributed by atoms with Crippen molar-refractivity contribution in [2.24, 2.45) is 5.92 Å². The van der Waals surface area contributed by atoms with Gasteiger partial charge in [0.2, 0.25) is 27.7 Å². The number of aromatic nitrogens is 4. The fraction of sp³-hybridized carbons (Fsp3) is 0.629. The SMILES string of the molecule is COc1ccc(-c2nnn([C@@H]3C[C@H]4C(=O)N[C@@]5(C(=O)NS(=O)(=O)C6CC6)C[C@H]5/C=C\CCCCC[C@@H](NC(=O)OC5CCOCC5)C(=O)N4C3)n2)cc1. The van der Waals surface area contributed by atoms with Gasteiger partial charge in [0.1, 0.15) is 29.5 Å². The zero-order chi connectivity index (χ0) is 37.2. The lowest BCUT2D eigenvalue weighted by molar-refractivity contribution is -0.141. The van der Waals surface area contributed by atoms with Crippen molar-refractivity contribution in [3.05, 3.63) is 36.4 Å². The van der Waals surface area contributed by atoms with Crippen LogP contribution in [0.4, 0.5) is 4.79 Å². The highest BCUT2D eigenvalue weighted by atomic mass is 32.2. The van der Waals surface area contributed by atoms with Crippen LogP contribution in [-0.2, 0) is 33.9 Å². The van der Waals surface area contributed by atoms with Crippen molar-refractivity contribution in [2.45, 2.75) is 106 Å². The lowest BCUT2D eigenvalue weighted by Gasteiger charge is -2.30. The van der Waals surface area contributed by atoms with E-state index in [2.05, 4.69) is 30.8 Å². The highest BCUT2D eigenvalue weighted by molar-refractivity contribution is 7.91. The van der Waals surface area contributed by atoms with Gasteiger partial charge in [-0.05, 0) is 68.0 Å². The molecule has 7 rings (SSSR count). The summed E-state index contributed by atoms with van der Waals surface area (Å²) < 4.78 is 44.1. The summed E-state index contributed by atoms with van der Waals surface area (Å²) in [5.74, 6) is -1.32. The molecule has 18 heteroatoms. The van der Waals surface area contributed by atoms with Gasteiger partial charge in [-0.25, -0.2) is 13.2 Å². The van der Waals surface area contributed by atoms with Crippen LogP contribution in [0.2, 0.25) is 0 Å². The minimum atomic E-state index is -3.89. The molecule has 1 aromatic carbocycles. The van der Waals surface area contributed by atoms with E-state index < -0.39 is 68.7 Å². The predicted octanol–water partition coefficient (Wildman–Crippen LogP) is 1.77. The lowest BCUT2D eigenvalue weighted by atomic mass is 10.0. The van der Waals surface area contributed by atoms with Gasteiger partial charge in [0.25, 0.3) is 5.91 Å². The molecule has 0 unspecified atom stereocenters. The average molecular weight is 755 g/mol. The summed E-state index contributed by atoms with van der Waals surface area (Å²) in [4.78, 5) is 58.4. The Kier molecular flexibility index (Phi) is 10.7. The molecular formula is C35H46N8O9S. The summed E-state index contributed by atoms with van der Waals surface area (Å²) in [6.45, 7) is 0.968. The second-order valence-corrected chi connectivity index (χ2v) is 16.4. The van der Waals surface area contributed by atoms with Crippen molar-refractivity contribution in [1.29, 1.82) is 0 Å². The van der Waals surface area contributed by atoms with Gasteiger partial charge in [0.15, 0.2) is 0 Å². The number of hydrogen-bond donors (Lipinski definition) is 3. The number of hydrogen-bond acceptors (Lipinski definition) is 12. The fourth-order valence-electron chi connectivity index (χ4n) is 7.30. The number of nitrogens with zero attached hydrogens (tertiary/aromatic N) is 5. The van der Waals surface area contributed by atoms with E-state index in [-0.39, 0.29) is 25.5 Å². The molecule has 1 aromatic heterocycles. The molecule has 2 aromatic rings. The highest BCUT2D eigenvalue weighted by Gasteiger charge is 2.62. The van der Waals surface area contributed by atoms with Crippen molar-refractivity contribution < 1.29 is 41.8 Å². The molecule has 0 radical (unpaired) electrons. The van der Waals surface area contributed by atoms with E-state index in [1.165, 1.54) is 9.70 Å². The van der Waals surface area contributed by atoms with Crippen LogP contribution in [0, 0.1) is 5.92 Å². The number of sulfonamides is 1. The van der Waals surface area contributed by atoms with E-state index in [0.717, 1.165) is 12.8 Å². The van der Waals surface area contributed by atoms with Gasteiger partial charge in [0, 0.05) is 37.3 Å². The smallest absolute Gasteiger partial charge is 0.408 e. The third kappa shape index (κ3) is 8.32. The Hall–Kier alpha value is -4.58. The van der Waals surface area contributed by atoms with Crippen LogP contribution in [0.5, 0.6) is 5.75 Å². The Morgan fingerprint density at radius 2 is 1.81 bits per heavy atom. The van der Waals surface area contributed by atoms with E-state index in [1.54, 1.807) is 31.4 Å². The second-order valence-electron chi connectivity index (χ2n) is 14.5. The first-order valence-corrected chi connectivity index (χ1v) is 19.9. The zero-order valence-corrected chi connectivity index (χ0v) is 30.5. The van der Waals surface area contributed by atoms with Crippen LogP contribution in [-0.4, -0.2) is 113 Å². The second kappa shape index (κ2) is 15.4. The van der Waals surface area contributed by atoms with Crippen LogP contribution in [0.15, 0.2) is 36.4 Å². The first-order valence-electron chi connectivity index (χ1n) is 18.4. The van der Waals surface area contributed by atoms with Crippen LogP contribution < -0.4 is 20.1 Å². The van der Waals surface area contributed by atoms with Crippen molar-refractivity contribution in [1.82, 2.24) is 40.5 Å². The van der Waals surface area contributed by atoms with E-state index >= 15 is 0 Å². The molecule has 4 fully saturated rings. The molecule has 53 heavy (non-hydrogen) atoms. The molecule has 2 aliphatic carbocycles. The standard InChI is InChI=1S/C35H46N8O9S/c1-50-25-11-9-22(10-12-25)30-38-41-43(39-30)24-19-29-31(44)37-35(33(46)40-53(48,49)27-13-14-27)20-23(35)7-5-3-2-4-6-8-28(32(45)42(29)21-24)36-34(47)52-26-15-17-51-18-16-26/h5,7,9-12,23-24,26-29H,2-4,6,8,13-21H2,1H3,(H,36,47)(H,37,44)(H,40,46)/b7-5-/t23-,24-,28-,29+,35+/m1/s1. The first-order chi connectivity index (χ1) is 25.6. The first kappa shape index (κ1) is 36.8. The van der Waals surface area contributed by atoms with Gasteiger partial charge in [-0.2, -0.15) is 4.80 Å². The molecule has 286 valence electrons. The van der Waals surface area contributed by atoms with E-state index in [0.29, 0.717) is 75.3 Å². The summed E-state index contributed by atoms with van der Waals surface area (Å²) in [5.41, 5.74) is -0.811. The molecule has 5 aliphatic rings. The Balaban J connectivity index is 1.16. The minimum absolute atomic E-state index is 0.0150. The van der Waals surface area contributed by atoms with Crippen LogP contribution >= 0.6 is 0 Å². The Morgan fingerprint density at radius 1 is 1.04 bits per heavy atom. The molecule has 0 spiro atoms. The van der Waals surface area contributed by atoms with Gasteiger partial charge >= 0.3 is 6.09 Å². The van der Waals surface area contributed by atoms with E-state index in [4.69, 9.17) is 14.2 Å². The van der Waals surface area contributed by atoms with Crippen molar-refractivity contribution in [3.8, 4) is 17.1 Å². The normalized spacial score (nSPS) is 29.0. The Bertz CT molecular complexity index is 1830. The number of amides is 4. The average Bonchev–Trinajstić information content (AvgIpc) is 4.02. The van der Waals surface area contributed by atoms with Crippen LogP contribution in [0.3, 0.4) is 0 Å². The maximum Gasteiger partial charge on any atom is 0.408 e. The summed E-state index contributed by atoms with van der Waals surface area (Å²) in [5, 5.41) is 18.1. The predicted molar refractivity (Wildman–Crippen MR) is 187 cm³/mol. The number of tetrazole rings is 1. The molecule has 2 saturated heterocycles. The number of methoxy groups -OCH3 is 1. The van der Waals surface area contributed by atoms with Crippen molar-refractivity contribution >= 4 is 33.8 Å². The molecule has 4 heterocycles. The molecule has 5 atom stereocenters. The van der Waals surface area contributed by atoms with Crippen LogP contribution in [0.25, 0.3) is 11.4 Å². The monoisotopic (exact) mass is 754 g/mol. The van der Waals surface area contributed by atoms with E-state index in [1.807, 2.05) is 12.2 Å². The zero-order valence-electron chi connectivity index (χ0n) is 29.6. The number of allylic oxidation sites excluding steroid dienone is 1. The number of carbonyl (C=O) groups is 4. The Labute approximate surface area is 307 Å². The van der Waals surface area contributed by atoms with Gasteiger partial charge < -0.3 is 29.7 Å². The third-order valence-corrected chi connectivity index (χ3v) is 12.5. The van der Waals surface area contributed by atoms with Crippen molar-refractivity contribution in [2.75, 3.05) is 26.9 Å². The largest absolute Gasteiger partial charge is 0.497 e. The summed E-state index contributed by atoms with van der Waals surface area (Å²) in [6.07, 6.45) is 8.29. The van der Waals surface area contributed by atoms with Gasteiger partial charge in [-0.15, -0.1) is 10.2 Å². The number of rotatable bonds is 8. The molecule has 17 nitrogen and oxygen atoms in total. The molecular weight excluding hydrogens is 708 g/mol. The summed E-state index contributed by atoms with van der Waals surface area (Å²) in [7, 11) is -2.32. The summed E-state index contributed by atoms with van der Waals surface area (Å²) >= 11 is 0. The number of ether oxygens (including phenoxy) is 3. The van der Waals surface area contributed by atoms with E-state index in [9.17, 15) is 27.6 Å². The quantitative estimate of drug-likeness (QED) is 0.329. The van der Waals surface area contributed by atoms with Crippen molar-refractivity contribution in [3.63, 3.8) is 0 Å². The van der Waals surface area contributed by atoms with Crippen LogP contribution in [0.1, 0.15) is 76.7 Å². The number of carbonyl (C=O) groups excluding carboxylic acids is 4. The Morgan fingerprint density at radius 3 is 2.55 bits per heavy atom. The maximum absolute atomic E-state index is 14.5. The number of nitrogens with one attached hydrogen (secondary N) is 3. The molecule has 2 saturated carbocycles. The van der Waals surface area contributed by atoms with Gasteiger partial charge in [-0.1, -0.05) is 25.0 Å². The summed E-state index contributed by atoms with van der Waals surface area (Å²) in [6, 6.07) is 4.45. The number of fused-ring (bicyclic) bond motifs is 2. The lowest BCUT2D eigenvalue weighted by Crippen LogP contribution is -2.58. The molecule has 3 N–H and O–H groups in total. The fourth-order valence-corrected chi connectivity index (χ4v) is 8.67. The molecule has 0 bridgehead atoms. The number of alkyl carbamates (subject to hydrolysis) is 1. The minimum Gasteiger partial charge on any atom is -0.497 e. The molecule has 4 amide bonds. The highest BCUT2D eigenvalue weighted by Crippen LogP contribution is 2.46. The van der Waals surface area contributed by atoms with Gasteiger partial charge in [0.05, 0.1) is 31.6 Å². The molecule has 3 aliphatic heterocycles. The van der Waals surface area contributed by atoms with Gasteiger partial charge in [-0.3, -0.25) is 19.1 Å². The third-order valence-electron chi connectivity index (χ3n) is 10.7.